The average molecular weight is 269 g/mol. The molecule has 1 aliphatic heterocycles. The second-order valence-electron chi connectivity index (χ2n) is 4.85. The van der Waals surface area contributed by atoms with Gasteiger partial charge in [-0.3, -0.25) is 4.90 Å². The summed E-state index contributed by atoms with van der Waals surface area (Å²) in [7, 11) is 0. The van der Waals surface area contributed by atoms with E-state index in [4.69, 9.17) is 22.4 Å². The molecule has 1 aromatic rings. The lowest BCUT2D eigenvalue weighted by molar-refractivity contribution is 0.210. The Morgan fingerprint density at radius 1 is 1.33 bits per heavy atom. The van der Waals surface area contributed by atoms with Crippen LogP contribution < -0.4 is 5.73 Å². The molecule has 1 aromatic carbocycles. The van der Waals surface area contributed by atoms with E-state index in [0.717, 1.165) is 37.4 Å². The predicted octanol–water partition coefficient (Wildman–Crippen LogP) is 2.32. The van der Waals surface area contributed by atoms with E-state index in [-0.39, 0.29) is 6.61 Å². The van der Waals surface area contributed by atoms with Crippen LogP contribution in [0.1, 0.15) is 36.4 Å². The number of benzene rings is 1. The zero-order chi connectivity index (χ0) is 13.0. The fourth-order valence-corrected chi connectivity index (χ4v) is 2.84. The first-order valence-corrected chi connectivity index (χ1v) is 6.97. The second-order valence-corrected chi connectivity index (χ2v) is 5.29. The highest BCUT2D eigenvalue weighted by atomic mass is 35.5. The van der Waals surface area contributed by atoms with Crippen LogP contribution in [0.25, 0.3) is 0 Å². The Morgan fingerprint density at radius 2 is 2.17 bits per heavy atom. The normalized spacial score (nSPS) is 19.2. The standard InChI is InChI=1S/C14H21ClN2O/c15-12-5-4-11-10-17(6-2-1-3-7-18)14(9-16)13(11)8-12/h4-5,8,14,18H,1-3,6-7,9-10,16H2. The smallest absolute Gasteiger partial charge is 0.0477 e. The van der Waals surface area contributed by atoms with Gasteiger partial charge in [0.2, 0.25) is 0 Å². The zero-order valence-corrected chi connectivity index (χ0v) is 11.4. The van der Waals surface area contributed by atoms with Crippen molar-refractivity contribution in [3.63, 3.8) is 0 Å². The van der Waals surface area contributed by atoms with Gasteiger partial charge < -0.3 is 10.8 Å². The summed E-state index contributed by atoms with van der Waals surface area (Å²) in [5, 5.41) is 9.57. The Bertz CT molecular complexity index is 397. The van der Waals surface area contributed by atoms with Crippen LogP contribution in [-0.4, -0.2) is 29.7 Å². The predicted molar refractivity (Wildman–Crippen MR) is 74.6 cm³/mol. The minimum Gasteiger partial charge on any atom is -0.396 e. The summed E-state index contributed by atoms with van der Waals surface area (Å²) in [6.07, 6.45) is 3.07. The molecule has 1 aliphatic rings. The van der Waals surface area contributed by atoms with Gasteiger partial charge >= 0.3 is 0 Å². The molecule has 0 radical (unpaired) electrons. The Labute approximate surface area is 114 Å². The maximum Gasteiger partial charge on any atom is 0.0477 e. The summed E-state index contributed by atoms with van der Waals surface area (Å²) in [5.74, 6) is 0. The Morgan fingerprint density at radius 3 is 2.89 bits per heavy atom. The molecule has 1 heterocycles. The summed E-state index contributed by atoms with van der Waals surface area (Å²) >= 11 is 6.05. The van der Waals surface area contributed by atoms with Gasteiger partial charge in [0, 0.05) is 30.8 Å². The zero-order valence-electron chi connectivity index (χ0n) is 10.6. The second kappa shape index (κ2) is 6.53. The number of nitrogens with two attached hydrogens (primary N) is 1. The molecule has 0 saturated carbocycles. The fourth-order valence-electron chi connectivity index (χ4n) is 2.66. The van der Waals surface area contributed by atoms with Gasteiger partial charge in [0.25, 0.3) is 0 Å². The Hall–Kier alpha value is -0.610. The van der Waals surface area contributed by atoms with Crippen LogP contribution in [-0.2, 0) is 6.54 Å². The summed E-state index contributed by atoms with van der Waals surface area (Å²) in [5.41, 5.74) is 8.52. The van der Waals surface area contributed by atoms with Gasteiger partial charge in [-0.05, 0) is 49.1 Å². The highest BCUT2D eigenvalue weighted by Crippen LogP contribution is 2.34. The summed E-state index contributed by atoms with van der Waals surface area (Å²) in [4.78, 5) is 2.42. The molecule has 0 aromatic heterocycles. The van der Waals surface area contributed by atoms with Gasteiger partial charge in [-0.15, -0.1) is 0 Å². The number of hydrogen-bond acceptors (Lipinski definition) is 3. The van der Waals surface area contributed by atoms with Gasteiger partial charge in [-0.1, -0.05) is 17.7 Å². The van der Waals surface area contributed by atoms with E-state index < -0.39 is 0 Å². The molecule has 0 saturated heterocycles. The lowest BCUT2D eigenvalue weighted by atomic mass is 10.1. The monoisotopic (exact) mass is 268 g/mol. The summed E-state index contributed by atoms with van der Waals surface area (Å²) in [6.45, 7) is 2.92. The number of unbranched alkanes of at least 4 members (excludes halogenated alkanes) is 2. The largest absolute Gasteiger partial charge is 0.396 e. The first-order chi connectivity index (χ1) is 8.76. The maximum atomic E-state index is 8.78. The van der Waals surface area contributed by atoms with Crippen molar-refractivity contribution in [2.24, 2.45) is 5.73 Å². The van der Waals surface area contributed by atoms with Crippen LogP contribution in [0.4, 0.5) is 0 Å². The fraction of sp³-hybridized carbons (Fsp3) is 0.571. The van der Waals surface area contributed by atoms with Crippen LogP contribution in [0.2, 0.25) is 5.02 Å². The Balaban J connectivity index is 1.99. The van der Waals surface area contributed by atoms with Crippen LogP contribution >= 0.6 is 11.6 Å². The number of nitrogens with zero attached hydrogens (tertiary/aromatic N) is 1. The van der Waals surface area contributed by atoms with Crippen molar-refractivity contribution < 1.29 is 5.11 Å². The van der Waals surface area contributed by atoms with E-state index in [2.05, 4.69) is 11.0 Å². The molecule has 1 atom stereocenters. The highest BCUT2D eigenvalue weighted by molar-refractivity contribution is 6.30. The van der Waals surface area contributed by atoms with Crippen molar-refractivity contribution in [1.82, 2.24) is 4.90 Å². The quantitative estimate of drug-likeness (QED) is 0.779. The van der Waals surface area contributed by atoms with E-state index in [1.807, 2.05) is 12.1 Å². The number of hydrogen-bond donors (Lipinski definition) is 2. The molecule has 0 fully saturated rings. The van der Waals surface area contributed by atoms with Gasteiger partial charge in [0.15, 0.2) is 0 Å². The molecule has 1 unspecified atom stereocenters. The van der Waals surface area contributed by atoms with Crippen LogP contribution in [0.15, 0.2) is 18.2 Å². The van der Waals surface area contributed by atoms with E-state index in [1.165, 1.54) is 11.1 Å². The topological polar surface area (TPSA) is 49.5 Å². The van der Waals surface area contributed by atoms with Crippen molar-refractivity contribution in [3.05, 3.63) is 34.3 Å². The van der Waals surface area contributed by atoms with Gasteiger partial charge in [0.1, 0.15) is 0 Å². The lowest BCUT2D eigenvalue weighted by Crippen LogP contribution is -2.28. The molecule has 0 aliphatic carbocycles. The average Bonchev–Trinajstić information content (AvgIpc) is 2.71. The lowest BCUT2D eigenvalue weighted by Gasteiger charge is -2.23. The first-order valence-electron chi connectivity index (χ1n) is 6.59. The minimum absolute atomic E-state index is 0.288. The van der Waals surface area contributed by atoms with Gasteiger partial charge in [-0.25, -0.2) is 0 Å². The molecular formula is C14H21ClN2O. The van der Waals surface area contributed by atoms with Gasteiger partial charge in [-0.2, -0.15) is 0 Å². The van der Waals surface area contributed by atoms with Crippen LogP contribution in [0.5, 0.6) is 0 Å². The van der Waals surface area contributed by atoms with Crippen LogP contribution in [0, 0.1) is 0 Å². The molecule has 2 rings (SSSR count). The maximum absolute atomic E-state index is 8.78. The van der Waals surface area contributed by atoms with Crippen molar-refractivity contribution in [2.45, 2.75) is 31.8 Å². The van der Waals surface area contributed by atoms with E-state index in [9.17, 15) is 0 Å². The number of aliphatic hydroxyl groups is 1. The molecule has 0 amide bonds. The molecule has 3 N–H and O–H groups in total. The van der Waals surface area contributed by atoms with Crippen molar-refractivity contribution in [2.75, 3.05) is 19.7 Å². The highest BCUT2D eigenvalue weighted by Gasteiger charge is 2.28. The molecular weight excluding hydrogens is 248 g/mol. The molecule has 0 bridgehead atoms. The third kappa shape index (κ3) is 3.04. The molecule has 0 spiro atoms. The number of rotatable bonds is 6. The summed E-state index contributed by atoms with van der Waals surface area (Å²) < 4.78 is 0. The first kappa shape index (κ1) is 13.8. The van der Waals surface area contributed by atoms with E-state index in [1.54, 1.807) is 0 Å². The van der Waals surface area contributed by atoms with Crippen molar-refractivity contribution >= 4 is 11.6 Å². The van der Waals surface area contributed by atoms with E-state index in [0.29, 0.717) is 12.6 Å². The molecule has 3 nitrogen and oxygen atoms in total. The third-order valence-corrected chi connectivity index (χ3v) is 3.84. The number of halogens is 1. The SMILES string of the molecule is NCC1c2cc(Cl)ccc2CN1CCCCCO. The summed E-state index contributed by atoms with van der Waals surface area (Å²) in [6, 6.07) is 6.40. The molecule has 100 valence electrons. The minimum atomic E-state index is 0.288. The number of fused-ring (bicyclic) bond motifs is 1. The van der Waals surface area contributed by atoms with Crippen LogP contribution in [0.3, 0.4) is 0 Å². The number of aliphatic hydroxyl groups excluding tert-OH is 1. The van der Waals surface area contributed by atoms with Gasteiger partial charge in [0.05, 0.1) is 0 Å². The Kier molecular flexibility index (Phi) is 5.01. The third-order valence-electron chi connectivity index (χ3n) is 3.61. The molecule has 18 heavy (non-hydrogen) atoms. The van der Waals surface area contributed by atoms with Crippen molar-refractivity contribution in [1.29, 1.82) is 0 Å². The van der Waals surface area contributed by atoms with Crippen molar-refractivity contribution in [3.8, 4) is 0 Å². The van der Waals surface area contributed by atoms with E-state index >= 15 is 0 Å². The molecule has 4 heteroatoms.